The van der Waals surface area contributed by atoms with E-state index in [1.54, 1.807) is 6.26 Å². The Bertz CT molecular complexity index is 864. The monoisotopic (exact) mass is 418 g/mol. The van der Waals surface area contributed by atoms with Gasteiger partial charge in [0.25, 0.3) is 0 Å². The van der Waals surface area contributed by atoms with Crippen LogP contribution in [0.1, 0.15) is 29.5 Å². The SMILES string of the molecule is Cl.NC(CO)(CO)CC(O)c1ccc(CCc2nc(-c3ccccc3)co2)cc1. The van der Waals surface area contributed by atoms with Crippen LogP contribution in [0, 0.1) is 0 Å². The number of aliphatic hydroxyl groups excluding tert-OH is 3. The minimum atomic E-state index is -1.19. The zero-order valence-corrected chi connectivity index (χ0v) is 16.9. The number of oxazole rings is 1. The molecular formula is C22H27ClN2O4. The predicted molar refractivity (Wildman–Crippen MR) is 114 cm³/mol. The summed E-state index contributed by atoms with van der Waals surface area (Å²) in [6, 6.07) is 17.4. The second-order valence-corrected chi connectivity index (χ2v) is 7.13. The number of rotatable bonds is 9. The van der Waals surface area contributed by atoms with E-state index in [1.807, 2.05) is 54.6 Å². The zero-order valence-electron chi connectivity index (χ0n) is 16.1. The lowest BCUT2D eigenvalue weighted by Crippen LogP contribution is -2.48. The lowest BCUT2D eigenvalue weighted by atomic mass is 9.91. The molecule has 6 nitrogen and oxygen atoms in total. The zero-order chi connectivity index (χ0) is 20.0. The van der Waals surface area contributed by atoms with Crippen LogP contribution >= 0.6 is 12.4 Å². The van der Waals surface area contributed by atoms with Crippen LogP contribution in [-0.4, -0.2) is 39.1 Å². The van der Waals surface area contributed by atoms with Gasteiger partial charge in [0, 0.05) is 12.0 Å². The Balaban J connectivity index is 0.00000300. The van der Waals surface area contributed by atoms with Crippen molar-refractivity contribution >= 4 is 12.4 Å². The third-order valence-electron chi connectivity index (χ3n) is 4.84. The van der Waals surface area contributed by atoms with E-state index in [2.05, 4.69) is 4.98 Å². The molecule has 1 unspecified atom stereocenters. The summed E-state index contributed by atoms with van der Waals surface area (Å²) in [4.78, 5) is 4.53. The first-order chi connectivity index (χ1) is 13.5. The van der Waals surface area contributed by atoms with Crippen molar-refractivity contribution in [1.29, 1.82) is 0 Å². The minimum absolute atomic E-state index is 0. The first-order valence-electron chi connectivity index (χ1n) is 9.30. The van der Waals surface area contributed by atoms with E-state index in [4.69, 9.17) is 10.2 Å². The Morgan fingerprint density at radius 1 is 0.966 bits per heavy atom. The second kappa shape index (κ2) is 10.5. The maximum absolute atomic E-state index is 10.3. The number of aromatic nitrogens is 1. The van der Waals surface area contributed by atoms with E-state index in [0.29, 0.717) is 17.9 Å². The molecule has 0 aliphatic rings. The molecule has 1 heterocycles. The minimum Gasteiger partial charge on any atom is -0.448 e. The fraction of sp³-hybridized carbons (Fsp3) is 0.318. The van der Waals surface area contributed by atoms with E-state index < -0.39 is 11.6 Å². The van der Waals surface area contributed by atoms with Gasteiger partial charge in [-0.25, -0.2) is 4.98 Å². The van der Waals surface area contributed by atoms with E-state index in [0.717, 1.165) is 23.2 Å². The summed E-state index contributed by atoms with van der Waals surface area (Å²) >= 11 is 0. The lowest BCUT2D eigenvalue weighted by molar-refractivity contribution is 0.0618. The molecule has 5 N–H and O–H groups in total. The van der Waals surface area contributed by atoms with Crippen LogP contribution in [0.2, 0.25) is 0 Å². The van der Waals surface area contributed by atoms with Gasteiger partial charge in [0.05, 0.1) is 24.9 Å². The molecule has 2 aromatic carbocycles. The highest BCUT2D eigenvalue weighted by molar-refractivity contribution is 5.85. The van der Waals surface area contributed by atoms with Gasteiger partial charge < -0.3 is 25.5 Å². The number of aryl methyl sites for hydroxylation is 2. The molecule has 156 valence electrons. The van der Waals surface area contributed by atoms with Gasteiger partial charge in [-0.05, 0) is 24.0 Å². The third-order valence-corrected chi connectivity index (χ3v) is 4.84. The van der Waals surface area contributed by atoms with Crippen LogP contribution < -0.4 is 5.73 Å². The fourth-order valence-electron chi connectivity index (χ4n) is 3.01. The summed E-state index contributed by atoms with van der Waals surface area (Å²) in [6.45, 7) is -0.778. The molecule has 0 spiro atoms. The Morgan fingerprint density at radius 3 is 2.24 bits per heavy atom. The van der Waals surface area contributed by atoms with E-state index in [1.165, 1.54) is 0 Å². The molecule has 0 bridgehead atoms. The van der Waals surface area contributed by atoms with Crippen LogP contribution in [0.15, 0.2) is 65.3 Å². The lowest BCUT2D eigenvalue weighted by Gasteiger charge is -2.27. The summed E-state index contributed by atoms with van der Waals surface area (Å²) in [5.74, 6) is 0.682. The van der Waals surface area contributed by atoms with Crippen LogP contribution in [-0.2, 0) is 12.8 Å². The Kier molecular flexibility index (Phi) is 8.37. The van der Waals surface area contributed by atoms with Gasteiger partial charge in [-0.1, -0.05) is 54.6 Å². The Morgan fingerprint density at radius 2 is 1.62 bits per heavy atom. The average molecular weight is 419 g/mol. The molecule has 3 aromatic rings. The van der Waals surface area contributed by atoms with Gasteiger partial charge in [-0.2, -0.15) is 0 Å². The molecular weight excluding hydrogens is 392 g/mol. The second-order valence-electron chi connectivity index (χ2n) is 7.13. The summed E-state index contributed by atoms with van der Waals surface area (Å²) in [5.41, 5.74) is 8.29. The Labute approximate surface area is 176 Å². The first kappa shape index (κ1) is 23.1. The largest absolute Gasteiger partial charge is 0.448 e. The number of benzene rings is 2. The van der Waals surface area contributed by atoms with Crippen LogP contribution in [0.3, 0.4) is 0 Å². The molecule has 7 heteroatoms. The van der Waals surface area contributed by atoms with Gasteiger partial charge in [0.1, 0.15) is 12.0 Å². The van der Waals surface area contributed by atoms with Crippen molar-refractivity contribution in [2.24, 2.45) is 5.73 Å². The Hall–Kier alpha value is -2.22. The fourth-order valence-corrected chi connectivity index (χ4v) is 3.01. The average Bonchev–Trinajstić information content (AvgIpc) is 3.22. The number of aliphatic hydroxyl groups is 3. The number of hydrogen-bond donors (Lipinski definition) is 4. The van der Waals surface area contributed by atoms with Crippen molar-refractivity contribution in [3.63, 3.8) is 0 Å². The van der Waals surface area contributed by atoms with Crippen molar-refractivity contribution in [1.82, 2.24) is 4.98 Å². The van der Waals surface area contributed by atoms with Gasteiger partial charge in [-0.3, -0.25) is 0 Å². The van der Waals surface area contributed by atoms with Gasteiger partial charge >= 0.3 is 0 Å². The van der Waals surface area contributed by atoms with E-state index >= 15 is 0 Å². The van der Waals surface area contributed by atoms with Crippen LogP contribution in [0.25, 0.3) is 11.3 Å². The maximum atomic E-state index is 10.3. The smallest absolute Gasteiger partial charge is 0.194 e. The molecule has 0 aliphatic carbocycles. The van der Waals surface area contributed by atoms with Gasteiger partial charge in [0.15, 0.2) is 5.89 Å². The summed E-state index contributed by atoms with van der Waals surface area (Å²) < 4.78 is 5.57. The quantitative estimate of drug-likeness (QED) is 0.425. The van der Waals surface area contributed by atoms with Gasteiger partial charge in [-0.15, -0.1) is 12.4 Å². The summed E-state index contributed by atoms with van der Waals surface area (Å²) in [7, 11) is 0. The molecule has 1 atom stereocenters. The molecule has 0 amide bonds. The molecule has 1 aromatic heterocycles. The molecule has 29 heavy (non-hydrogen) atoms. The number of nitrogens with zero attached hydrogens (tertiary/aromatic N) is 1. The topological polar surface area (TPSA) is 113 Å². The van der Waals surface area contributed by atoms with Crippen LogP contribution in [0.5, 0.6) is 0 Å². The van der Waals surface area contributed by atoms with E-state index in [-0.39, 0.29) is 32.0 Å². The van der Waals surface area contributed by atoms with Crippen molar-refractivity contribution in [3.05, 3.63) is 77.9 Å². The molecule has 0 saturated carbocycles. The predicted octanol–water partition coefficient (Wildman–Crippen LogP) is 2.65. The highest BCUT2D eigenvalue weighted by Crippen LogP contribution is 2.23. The molecule has 0 radical (unpaired) electrons. The maximum Gasteiger partial charge on any atom is 0.194 e. The highest BCUT2D eigenvalue weighted by atomic mass is 35.5. The molecule has 3 rings (SSSR count). The molecule has 0 saturated heterocycles. The molecule has 0 aliphatic heterocycles. The van der Waals surface area contributed by atoms with Crippen molar-refractivity contribution < 1.29 is 19.7 Å². The van der Waals surface area contributed by atoms with Gasteiger partial charge in [0.2, 0.25) is 0 Å². The van der Waals surface area contributed by atoms with E-state index in [9.17, 15) is 15.3 Å². The van der Waals surface area contributed by atoms with Crippen molar-refractivity contribution in [3.8, 4) is 11.3 Å². The van der Waals surface area contributed by atoms with Crippen molar-refractivity contribution in [2.75, 3.05) is 13.2 Å². The van der Waals surface area contributed by atoms with Crippen molar-refractivity contribution in [2.45, 2.75) is 30.9 Å². The number of halogens is 1. The third kappa shape index (κ3) is 6.13. The normalized spacial score (nSPS) is 12.4. The molecule has 0 fully saturated rings. The number of nitrogens with two attached hydrogens (primary N) is 1. The number of hydrogen-bond acceptors (Lipinski definition) is 6. The standard InChI is InChI=1S/C22H26N2O4.ClH/c23-22(14-25,15-26)12-20(27)18-9-6-16(7-10-18)8-11-21-24-19(13-28-21)17-4-2-1-3-5-17;/h1-7,9-10,13,20,25-27H,8,11-12,14-15,23H2;1H. The summed E-state index contributed by atoms with van der Waals surface area (Å²) in [5, 5.41) is 28.8. The summed E-state index contributed by atoms with van der Waals surface area (Å²) in [6.07, 6.45) is 2.34. The van der Waals surface area contributed by atoms with Crippen LogP contribution in [0.4, 0.5) is 0 Å². The highest BCUT2D eigenvalue weighted by Gasteiger charge is 2.27. The first-order valence-corrected chi connectivity index (χ1v) is 9.30.